The molecule has 0 unspecified atom stereocenters. The smallest absolute Gasteiger partial charge is 0.220 e. The van der Waals surface area contributed by atoms with Crippen LogP contribution in [-0.2, 0) is 13.0 Å². The van der Waals surface area contributed by atoms with E-state index in [1.165, 1.54) is 6.33 Å². The molecule has 0 spiro atoms. The molecule has 25 heavy (non-hydrogen) atoms. The predicted molar refractivity (Wildman–Crippen MR) is 92.1 cm³/mol. The van der Waals surface area contributed by atoms with Crippen molar-refractivity contribution in [1.82, 2.24) is 14.9 Å². The fraction of sp³-hybridized carbons (Fsp3) is 0.444. The molecule has 3 rings (SSSR count). The van der Waals surface area contributed by atoms with E-state index in [-0.39, 0.29) is 6.61 Å². The molecule has 2 aromatic rings. The SMILES string of the molecule is COc1ccc(OC[C@H](O)CN2CCc3ncnc(OC)c3C2)cc1. The Morgan fingerprint density at radius 3 is 2.60 bits per heavy atom. The number of methoxy groups -OCH3 is 2. The van der Waals surface area contributed by atoms with Crippen molar-refractivity contribution in [2.24, 2.45) is 0 Å². The highest BCUT2D eigenvalue weighted by molar-refractivity contribution is 5.32. The van der Waals surface area contributed by atoms with Crippen molar-refractivity contribution in [3.8, 4) is 17.4 Å². The van der Waals surface area contributed by atoms with E-state index in [4.69, 9.17) is 14.2 Å². The number of hydrogen-bond donors (Lipinski definition) is 1. The predicted octanol–water partition coefficient (Wildman–Crippen LogP) is 1.29. The van der Waals surface area contributed by atoms with E-state index in [0.29, 0.717) is 24.7 Å². The standard InChI is InChI=1S/C18H23N3O4/c1-23-14-3-5-15(6-4-14)25-11-13(22)9-21-8-7-17-16(10-21)18(24-2)20-12-19-17/h3-6,12-13,22H,7-11H2,1-2H3/t13-/m1/s1. The maximum atomic E-state index is 10.3. The van der Waals surface area contributed by atoms with Gasteiger partial charge in [0.2, 0.25) is 5.88 Å². The summed E-state index contributed by atoms with van der Waals surface area (Å²) in [4.78, 5) is 10.6. The van der Waals surface area contributed by atoms with Gasteiger partial charge in [-0.15, -0.1) is 0 Å². The lowest BCUT2D eigenvalue weighted by atomic mass is 10.1. The van der Waals surface area contributed by atoms with Crippen LogP contribution in [0.3, 0.4) is 0 Å². The summed E-state index contributed by atoms with van der Waals surface area (Å²) in [6, 6.07) is 7.31. The summed E-state index contributed by atoms with van der Waals surface area (Å²) in [6.45, 7) is 2.26. The van der Waals surface area contributed by atoms with E-state index in [1.807, 2.05) is 24.3 Å². The summed E-state index contributed by atoms with van der Waals surface area (Å²) >= 11 is 0. The van der Waals surface area contributed by atoms with E-state index < -0.39 is 6.10 Å². The Balaban J connectivity index is 1.52. The van der Waals surface area contributed by atoms with Crippen molar-refractivity contribution in [1.29, 1.82) is 0 Å². The second-order valence-electron chi connectivity index (χ2n) is 5.93. The van der Waals surface area contributed by atoms with E-state index in [9.17, 15) is 5.11 Å². The van der Waals surface area contributed by atoms with Crippen molar-refractivity contribution < 1.29 is 19.3 Å². The van der Waals surface area contributed by atoms with Crippen molar-refractivity contribution in [3.63, 3.8) is 0 Å². The molecule has 1 aromatic heterocycles. The first-order valence-corrected chi connectivity index (χ1v) is 8.23. The molecule has 0 saturated carbocycles. The maximum absolute atomic E-state index is 10.3. The Bertz CT molecular complexity index is 679. The number of ether oxygens (including phenoxy) is 3. The summed E-state index contributed by atoms with van der Waals surface area (Å²) < 4.78 is 16.1. The number of rotatable bonds is 7. The van der Waals surface area contributed by atoms with Crippen LogP contribution in [0.4, 0.5) is 0 Å². The van der Waals surface area contributed by atoms with Crippen molar-refractivity contribution in [2.75, 3.05) is 33.9 Å². The largest absolute Gasteiger partial charge is 0.497 e. The molecular weight excluding hydrogens is 322 g/mol. The fourth-order valence-electron chi connectivity index (χ4n) is 2.92. The van der Waals surface area contributed by atoms with Crippen LogP contribution < -0.4 is 14.2 Å². The highest BCUT2D eigenvalue weighted by Gasteiger charge is 2.23. The lowest BCUT2D eigenvalue weighted by Crippen LogP contribution is -2.39. The van der Waals surface area contributed by atoms with Crippen LogP contribution in [0.1, 0.15) is 11.3 Å². The molecule has 0 amide bonds. The number of aromatic nitrogens is 2. The van der Waals surface area contributed by atoms with Gasteiger partial charge in [0.15, 0.2) is 0 Å². The number of benzene rings is 1. The molecule has 134 valence electrons. The molecule has 7 nitrogen and oxygen atoms in total. The van der Waals surface area contributed by atoms with Crippen molar-refractivity contribution in [3.05, 3.63) is 41.9 Å². The third-order valence-electron chi connectivity index (χ3n) is 4.21. The Morgan fingerprint density at radius 1 is 1.12 bits per heavy atom. The molecule has 7 heteroatoms. The normalized spacial score (nSPS) is 15.3. The van der Waals surface area contributed by atoms with Crippen molar-refractivity contribution in [2.45, 2.75) is 19.1 Å². The number of aliphatic hydroxyl groups is 1. The summed E-state index contributed by atoms with van der Waals surface area (Å²) in [5.41, 5.74) is 2.02. The van der Waals surface area contributed by atoms with Gasteiger partial charge < -0.3 is 19.3 Å². The number of aliphatic hydroxyl groups excluding tert-OH is 1. The van der Waals surface area contributed by atoms with Gasteiger partial charge in [0, 0.05) is 31.6 Å². The first kappa shape index (κ1) is 17.4. The average molecular weight is 345 g/mol. The van der Waals surface area contributed by atoms with E-state index in [0.717, 1.165) is 30.0 Å². The molecule has 0 bridgehead atoms. The molecule has 1 aliphatic rings. The lowest BCUT2D eigenvalue weighted by molar-refractivity contribution is 0.0630. The molecule has 0 saturated heterocycles. The Labute approximate surface area is 147 Å². The third kappa shape index (κ3) is 4.37. The molecule has 0 fully saturated rings. The molecule has 1 N–H and O–H groups in total. The van der Waals surface area contributed by atoms with Crippen LogP contribution in [0.15, 0.2) is 30.6 Å². The van der Waals surface area contributed by atoms with Crippen LogP contribution >= 0.6 is 0 Å². The fourth-order valence-corrected chi connectivity index (χ4v) is 2.92. The van der Waals surface area contributed by atoms with Gasteiger partial charge in [-0.05, 0) is 24.3 Å². The second kappa shape index (κ2) is 8.13. The minimum atomic E-state index is -0.584. The van der Waals surface area contributed by atoms with Gasteiger partial charge in [-0.25, -0.2) is 9.97 Å². The first-order chi connectivity index (χ1) is 12.2. The quantitative estimate of drug-likeness (QED) is 0.810. The Hall–Kier alpha value is -2.38. The van der Waals surface area contributed by atoms with Crippen LogP contribution in [0.5, 0.6) is 17.4 Å². The number of fused-ring (bicyclic) bond motifs is 1. The Kier molecular flexibility index (Phi) is 5.67. The molecule has 1 aromatic carbocycles. The maximum Gasteiger partial charge on any atom is 0.220 e. The van der Waals surface area contributed by atoms with Crippen LogP contribution in [0, 0.1) is 0 Å². The Morgan fingerprint density at radius 2 is 1.88 bits per heavy atom. The molecule has 2 heterocycles. The zero-order chi connectivity index (χ0) is 17.6. The summed E-state index contributed by atoms with van der Waals surface area (Å²) in [6.07, 6.45) is 1.77. The van der Waals surface area contributed by atoms with E-state index >= 15 is 0 Å². The monoisotopic (exact) mass is 345 g/mol. The van der Waals surface area contributed by atoms with E-state index in [1.54, 1.807) is 14.2 Å². The topological polar surface area (TPSA) is 76.9 Å². The van der Waals surface area contributed by atoms with Gasteiger partial charge in [0.05, 0.1) is 19.9 Å². The van der Waals surface area contributed by atoms with Gasteiger partial charge >= 0.3 is 0 Å². The van der Waals surface area contributed by atoms with Crippen LogP contribution in [0.2, 0.25) is 0 Å². The van der Waals surface area contributed by atoms with Crippen LogP contribution in [0.25, 0.3) is 0 Å². The van der Waals surface area contributed by atoms with Gasteiger partial charge in [0.1, 0.15) is 30.5 Å². The van der Waals surface area contributed by atoms with Crippen molar-refractivity contribution >= 4 is 0 Å². The van der Waals surface area contributed by atoms with Gasteiger partial charge in [-0.2, -0.15) is 0 Å². The zero-order valence-electron chi connectivity index (χ0n) is 14.5. The molecule has 0 aliphatic carbocycles. The highest BCUT2D eigenvalue weighted by atomic mass is 16.5. The van der Waals surface area contributed by atoms with Gasteiger partial charge in [0.25, 0.3) is 0 Å². The van der Waals surface area contributed by atoms with Gasteiger partial charge in [-0.1, -0.05) is 0 Å². The highest BCUT2D eigenvalue weighted by Crippen LogP contribution is 2.24. The summed E-state index contributed by atoms with van der Waals surface area (Å²) in [7, 11) is 3.23. The lowest BCUT2D eigenvalue weighted by Gasteiger charge is -2.30. The molecule has 1 aliphatic heterocycles. The number of hydrogen-bond acceptors (Lipinski definition) is 7. The zero-order valence-corrected chi connectivity index (χ0v) is 14.5. The third-order valence-corrected chi connectivity index (χ3v) is 4.21. The number of β-amino-alcohol motifs (C(OH)–C–C–N with tert-alkyl or cyclic N) is 1. The second-order valence-corrected chi connectivity index (χ2v) is 5.93. The van der Waals surface area contributed by atoms with Gasteiger partial charge in [-0.3, -0.25) is 4.90 Å². The molecular formula is C18H23N3O4. The summed E-state index contributed by atoms with van der Waals surface area (Å²) in [5.74, 6) is 2.09. The molecule has 0 radical (unpaired) electrons. The number of nitrogens with zero attached hydrogens (tertiary/aromatic N) is 3. The minimum Gasteiger partial charge on any atom is -0.497 e. The average Bonchev–Trinajstić information content (AvgIpc) is 2.66. The molecule has 1 atom stereocenters. The first-order valence-electron chi connectivity index (χ1n) is 8.23. The minimum absolute atomic E-state index is 0.234. The van der Waals surface area contributed by atoms with Crippen LogP contribution in [-0.4, -0.2) is 60.0 Å². The summed E-state index contributed by atoms with van der Waals surface area (Å²) in [5, 5.41) is 10.3. The van der Waals surface area contributed by atoms with E-state index in [2.05, 4.69) is 14.9 Å².